The normalized spacial score (nSPS) is 14.3. The number of amides is 1. The van der Waals surface area contributed by atoms with Crippen molar-refractivity contribution in [2.45, 2.75) is 31.0 Å². The first-order valence-electron chi connectivity index (χ1n) is 8.82. The van der Waals surface area contributed by atoms with Gasteiger partial charge in [0.2, 0.25) is 23.0 Å². The van der Waals surface area contributed by atoms with Gasteiger partial charge in [-0.2, -0.15) is 15.0 Å². The Morgan fingerprint density at radius 2 is 1.96 bits per heavy atom. The molecule has 2 aromatic rings. The number of thioether (sulfide) groups is 1. The van der Waals surface area contributed by atoms with E-state index in [-0.39, 0.29) is 18.2 Å². The topological polar surface area (TPSA) is 118 Å². The zero-order valence-electron chi connectivity index (χ0n) is 15.8. The zero-order chi connectivity index (χ0) is 19.2. The summed E-state index contributed by atoms with van der Waals surface area (Å²) in [5, 5.41) is 14.6. The van der Waals surface area contributed by atoms with Crippen molar-refractivity contribution in [1.29, 1.82) is 0 Å². The van der Waals surface area contributed by atoms with Gasteiger partial charge in [0, 0.05) is 34.2 Å². The molecule has 146 valence electrons. The number of nitrogens with zero attached hydrogens (tertiary/aromatic N) is 9. The van der Waals surface area contributed by atoms with Gasteiger partial charge in [0.15, 0.2) is 5.82 Å². The Balaban J connectivity index is 1.61. The Morgan fingerprint density at radius 3 is 2.63 bits per heavy atom. The molecule has 2 aromatic heterocycles. The van der Waals surface area contributed by atoms with Gasteiger partial charge in [0.05, 0.1) is 12.3 Å². The van der Waals surface area contributed by atoms with E-state index in [4.69, 9.17) is 0 Å². The number of hydrogen-bond acceptors (Lipinski definition) is 10. The Bertz CT molecular complexity index is 774. The summed E-state index contributed by atoms with van der Waals surface area (Å²) in [4.78, 5) is 29.7. The van der Waals surface area contributed by atoms with Crippen molar-refractivity contribution in [3.63, 3.8) is 0 Å². The maximum absolute atomic E-state index is 12.1. The molecular formula is C15H24N10OS. The van der Waals surface area contributed by atoms with Gasteiger partial charge in [0.25, 0.3) is 0 Å². The van der Waals surface area contributed by atoms with Gasteiger partial charge in [-0.05, 0) is 29.7 Å². The number of anilines is 2. The number of piperidine rings is 1. The summed E-state index contributed by atoms with van der Waals surface area (Å²) in [5.74, 6) is 1.91. The molecule has 12 heteroatoms. The highest BCUT2D eigenvalue weighted by Gasteiger charge is 2.17. The minimum Gasteiger partial charge on any atom is -0.348 e. The number of aryl methyl sites for hydroxylation is 1. The lowest BCUT2D eigenvalue weighted by Crippen LogP contribution is -2.33. The average molecular weight is 392 g/mol. The molecule has 3 rings (SSSR count). The fourth-order valence-corrected chi connectivity index (χ4v) is 3.29. The lowest BCUT2D eigenvalue weighted by Gasteiger charge is -2.27. The van der Waals surface area contributed by atoms with Crippen LogP contribution in [0.15, 0.2) is 5.16 Å². The maximum Gasteiger partial charge on any atom is 0.230 e. The SMILES string of the molecule is CN(C)c1nc(CNC(=O)CSc2nnnn2C)nc(N2CCCCC2)n1. The molecule has 0 spiro atoms. The predicted octanol–water partition coefficient (Wildman–Crippen LogP) is -0.140. The summed E-state index contributed by atoms with van der Waals surface area (Å²) in [5.41, 5.74) is 0. The van der Waals surface area contributed by atoms with E-state index in [1.54, 1.807) is 7.05 Å². The highest BCUT2D eigenvalue weighted by Crippen LogP contribution is 2.18. The van der Waals surface area contributed by atoms with Crippen LogP contribution in [-0.2, 0) is 18.4 Å². The largest absolute Gasteiger partial charge is 0.348 e. The molecule has 0 aromatic carbocycles. The van der Waals surface area contributed by atoms with Crippen molar-refractivity contribution < 1.29 is 4.79 Å². The smallest absolute Gasteiger partial charge is 0.230 e. The summed E-state index contributed by atoms with van der Waals surface area (Å²) in [6, 6.07) is 0. The van der Waals surface area contributed by atoms with E-state index in [9.17, 15) is 4.79 Å². The van der Waals surface area contributed by atoms with E-state index in [2.05, 4.69) is 40.7 Å². The summed E-state index contributed by atoms with van der Waals surface area (Å²) < 4.78 is 1.53. The molecule has 1 amide bonds. The number of aromatic nitrogens is 7. The van der Waals surface area contributed by atoms with Gasteiger partial charge in [-0.1, -0.05) is 11.8 Å². The first-order valence-corrected chi connectivity index (χ1v) is 9.80. The second-order valence-electron chi connectivity index (χ2n) is 6.44. The highest BCUT2D eigenvalue weighted by molar-refractivity contribution is 7.99. The van der Waals surface area contributed by atoms with Crippen molar-refractivity contribution in [3.8, 4) is 0 Å². The lowest BCUT2D eigenvalue weighted by molar-refractivity contribution is -0.118. The summed E-state index contributed by atoms with van der Waals surface area (Å²) in [6.45, 7) is 2.15. The van der Waals surface area contributed by atoms with Crippen LogP contribution < -0.4 is 15.1 Å². The number of nitrogens with one attached hydrogen (secondary N) is 1. The molecule has 1 saturated heterocycles. The molecule has 0 radical (unpaired) electrons. The van der Waals surface area contributed by atoms with Crippen LogP contribution in [0, 0.1) is 0 Å². The van der Waals surface area contributed by atoms with Gasteiger partial charge in [0.1, 0.15) is 0 Å². The van der Waals surface area contributed by atoms with Crippen molar-refractivity contribution in [2.75, 3.05) is 42.7 Å². The molecule has 1 aliphatic heterocycles. The molecule has 0 atom stereocenters. The van der Waals surface area contributed by atoms with Crippen LogP contribution in [0.3, 0.4) is 0 Å². The predicted molar refractivity (Wildman–Crippen MR) is 102 cm³/mol. The quantitative estimate of drug-likeness (QED) is 0.638. The molecule has 1 fully saturated rings. The minimum atomic E-state index is -0.130. The van der Waals surface area contributed by atoms with Gasteiger partial charge in [-0.15, -0.1) is 5.10 Å². The zero-order valence-corrected chi connectivity index (χ0v) is 16.6. The first kappa shape index (κ1) is 19.3. The van der Waals surface area contributed by atoms with Crippen LogP contribution in [0.25, 0.3) is 0 Å². The third-order valence-corrected chi connectivity index (χ3v) is 5.06. The fourth-order valence-electron chi connectivity index (χ4n) is 2.61. The first-order chi connectivity index (χ1) is 13.0. The molecule has 0 unspecified atom stereocenters. The van der Waals surface area contributed by atoms with Crippen LogP contribution in [0.5, 0.6) is 0 Å². The summed E-state index contributed by atoms with van der Waals surface area (Å²) in [6.07, 6.45) is 3.52. The molecule has 0 saturated carbocycles. The van der Waals surface area contributed by atoms with Crippen molar-refractivity contribution in [3.05, 3.63) is 5.82 Å². The second-order valence-corrected chi connectivity index (χ2v) is 7.39. The molecule has 0 bridgehead atoms. The Hall–Kier alpha value is -2.50. The van der Waals surface area contributed by atoms with E-state index < -0.39 is 0 Å². The third-order valence-electron chi connectivity index (χ3n) is 4.05. The van der Waals surface area contributed by atoms with E-state index >= 15 is 0 Å². The standard InChI is InChI=1S/C15H24N10OS/c1-23(2)13-17-11(18-14(19-13)25-7-5-4-6-8-25)9-16-12(26)10-27-15-20-21-22-24(15)3/h4-10H2,1-3H3,(H,16,26). The van der Waals surface area contributed by atoms with Crippen LogP contribution >= 0.6 is 11.8 Å². The van der Waals surface area contributed by atoms with E-state index in [0.717, 1.165) is 25.9 Å². The Kier molecular flexibility index (Phi) is 6.37. The van der Waals surface area contributed by atoms with Gasteiger partial charge in [-0.25, -0.2) is 4.68 Å². The van der Waals surface area contributed by atoms with E-state index in [0.29, 0.717) is 22.9 Å². The maximum atomic E-state index is 12.1. The van der Waals surface area contributed by atoms with Crippen LogP contribution in [0.2, 0.25) is 0 Å². The van der Waals surface area contributed by atoms with Crippen LogP contribution in [0.4, 0.5) is 11.9 Å². The highest BCUT2D eigenvalue weighted by atomic mass is 32.2. The Labute approximate surface area is 161 Å². The lowest BCUT2D eigenvalue weighted by atomic mass is 10.1. The molecule has 1 aliphatic rings. The monoisotopic (exact) mass is 392 g/mol. The fraction of sp³-hybridized carbons (Fsp3) is 0.667. The summed E-state index contributed by atoms with van der Waals surface area (Å²) in [7, 11) is 5.52. The van der Waals surface area contributed by atoms with Crippen molar-refractivity contribution in [2.24, 2.45) is 7.05 Å². The summed E-state index contributed by atoms with van der Waals surface area (Å²) >= 11 is 1.28. The van der Waals surface area contributed by atoms with Gasteiger partial charge >= 0.3 is 0 Å². The van der Waals surface area contributed by atoms with Crippen LogP contribution in [-0.4, -0.2) is 74.0 Å². The van der Waals surface area contributed by atoms with Crippen molar-refractivity contribution >= 4 is 29.6 Å². The molecule has 1 N–H and O–H groups in total. The number of carbonyl (C=O) groups excluding carboxylic acids is 1. The number of carbonyl (C=O) groups is 1. The van der Waals surface area contributed by atoms with E-state index in [1.807, 2.05) is 19.0 Å². The molecule has 3 heterocycles. The number of rotatable bonds is 7. The average Bonchev–Trinajstić information content (AvgIpc) is 3.10. The minimum absolute atomic E-state index is 0.130. The van der Waals surface area contributed by atoms with E-state index in [1.165, 1.54) is 22.9 Å². The number of tetrazole rings is 1. The molecule has 0 aliphatic carbocycles. The van der Waals surface area contributed by atoms with Crippen molar-refractivity contribution in [1.82, 2.24) is 40.5 Å². The number of hydrogen-bond donors (Lipinski definition) is 1. The van der Waals surface area contributed by atoms with Gasteiger partial charge < -0.3 is 15.1 Å². The Morgan fingerprint density at radius 1 is 1.19 bits per heavy atom. The molecular weight excluding hydrogens is 368 g/mol. The third kappa shape index (κ3) is 5.25. The molecule has 11 nitrogen and oxygen atoms in total. The van der Waals surface area contributed by atoms with Gasteiger partial charge in [-0.3, -0.25) is 4.79 Å². The molecule has 27 heavy (non-hydrogen) atoms. The second kappa shape index (κ2) is 8.93. The van der Waals surface area contributed by atoms with Crippen LogP contribution in [0.1, 0.15) is 25.1 Å².